The van der Waals surface area contributed by atoms with Crippen molar-refractivity contribution in [2.75, 3.05) is 18.8 Å². The van der Waals surface area contributed by atoms with Gasteiger partial charge in [-0.2, -0.15) is 5.10 Å². The van der Waals surface area contributed by atoms with E-state index in [0.717, 1.165) is 25.9 Å². The van der Waals surface area contributed by atoms with Crippen LogP contribution >= 0.6 is 0 Å². The molecular formula is C12H19N5O2. The van der Waals surface area contributed by atoms with Crippen LogP contribution < -0.4 is 11.1 Å². The Hall–Kier alpha value is -2.05. The summed E-state index contributed by atoms with van der Waals surface area (Å²) in [6.45, 7) is 3.22. The molecule has 0 bridgehead atoms. The molecule has 1 fully saturated rings. The zero-order chi connectivity index (χ0) is 14.0. The van der Waals surface area contributed by atoms with Gasteiger partial charge in [0.2, 0.25) is 5.91 Å². The van der Waals surface area contributed by atoms with Crippen LogP contribution in [0.5, 0.6) is 0 Å². The van der Waals surface area contributed by atoms with E-state index < -0.39 is 11.9 Å². The first kappa shape index (κ1) is 13.4. The number of nitrogens with one attached hydrogen (secondary N) is 1. The number of rotatable bonds is 3. The summed E-state index contributed by atoms with van der Waals surface area (Å²) < 4.78 is 1.47. The van der Waals surface area contributed by atoms with Crippen molar-refractivity contribution in [2.45, 2.75) is 25.8 Å². The number of carbonyl (C=O) groups excluding carboxylic acids is 2. The monoisotopic (exact) mass is 265 g/mol. The van der Waals surface area contributed by atoms with E-state index in [2.05, 4.69) is 10.4 Å². The summed E-state index contributed by atoms with van der Waals surface area (Å²) >= 11 is 0. The second-order valence-corrected chi connectivity index (χ2v) is 4.83. The third kappa shape index (κ3) is 2.86. The summed E-state index contributed by atoms with van der Waals surface area (Å²) in [5.41, 5.74) is 6.14. The van der Waals surface area contributed by atoms with E-state index in [9.17, 15) is 9.59 Å². The predicted molar refractivity (Wildman–Crippen MR) is 70.4 cm³/mol. The van der Waals surface area contributed by atoms with Crippen molar-refractivity contribution in [3.05, 3.63) is 11.9 Å². The molecule has 104 valence electrons. The first-order valence-electron chi connectivity index (χ1n) is 6.38. The number of aryl methyl sites for hydroxylation is 1. The molecule has 0 radical (unpaired) electrons. The molecule has 1 unspecified atom stereocenters. The molecule has 0 spiro atoms. The predicted octanol–water partition coefficient (Wildman–Crippen LogP) is -0.257. The fourth-order valence-corrected chi connectivity index (χ4v) is 2.22. The third-order valence-electron chi connectivity index (χ3n) is 3.21. The summed E-state index contributed by atoms with van der Waals surface area (Å²) in [6, 6.07) is -0.563. The molecule has 3 N–H and O–H groups in total. The van der Waals surface area contributed by atoms with Crippen LogP contribution in [0, 0.1) is 0 Å². The van der Waals surface area contributed by atoms with Crippen LogP contribution in [0.3, 0.4) is 0 Å². The zero-order valence-corrected chi connectivity index (χ0v) is 11.2. The number of hydrogen-bond donors (Lipinski definition) is 2. The Morgan fingerprint density at radius 2 is 2.05 bits per heavy atom. The lowest BCUT2D eigenvalue weighted by Gasteiger charge is -2.20. The van der Waals surface area contributed by atoms with Gasteiger partial charge in [-0.15, -0.1) is 0 Å². The maximum atomic E-state index is 12.1. The van der Waals surface area contributed by atoms with E-state index in [4.69, 9.17) is 5.73 Å². The lowest BCUT2D eigenvalue weighted by atomic mass is 10.2. The van der Waals surface area contributed by atoms with Crippen LogP contribution in [0.1, 0.15) is 30.3 Å². The van der Waals surface area contributed by atoms with Crippen molar-refractivity contribution in [1.29, 1.82) is 0 Å². The molecule has 1 atom stereocenters. The minimum Gasteiger partial charge on any atom is -0.396 e. The molecule has 1 aliphatic rings. The number of aromatic nitrogens is 2. The number of carbonyl (C=O) groups is 2. The largest absolute Gasteiger partial charge is 0.396 e. The molecule has 0 aliphatic carbocycles. The van der Waals surface area contributed by atoms with Crippen molar-refractivity contribution in [3.8, 4) is 0 Å². The van der Waals surface area contributed by atoms with Gasteiger partial charge in [0, 0.05) is 26.3 Å². The van der Waals surface area contributed by atoms with E-state index in [1.807, 2.05) is 0 Å². The number of amides is 2. The Kier molecular flexibility index (Phi) is 3.73. The topological polar surface area (TPSA) is 93.2 Å². The van der Waals surface area contributed by atoms with Gasteiger partial charge in [0.25, 0.3) is 5.91 Å². The van der Waals surface area contributed by atoms with E-state index in [0.29, 0.717) is 5.69 Å². The fraction of sp³-hybridized carbons (Fsp3) is 0.583. The molecule has 1 aromatic heterocycles. The number of nitrogen functional groups attached to an aromatic ring is 1. The Bertz CT molecular complexity index is 490. The van der Waals surface area contributed by atoms with Crippen LogP contribution in [0.15, 0.2) is 6.20 Å². The maximum absolute atomic E-state index is 12.1. The molecule has 2 rings (SSSR count). The van der Waals surface area contributed by atoms with Crippen molar-refractivity contribution in [1.82, 2.24) is 20.0 Å². The van der Waals surface area contributed by atoms with E-state index in [-0.39, 0.29) is 11.6 Å². The highest BCUT2D eigenvalue weighted by atomic mass is 16.2. The standard InChI is InChI=1S/C12H19N5O2/c1-8(12(19)17-5-3-4-6-17)14-11(18)10-9(13)7-16(2)15-10/h7-8H,3-6,13H2,1-2H3,(H,14,18). The van der Waals surface area contributed by atoms with Gasteiger partial charge in [-0.05, 0) is 19.8 Å². The highest BCUT2D eigenvalue weighted by Crippen LogP contribution is 2.11. The SMILES string of the molecule is CC(NC(=O)c1nn(C)cc1N)C(=O)N1CCCC1. The van der Waals surface area contributed by atoms with Crippen molar-refractivity contribution in [3.63, 3.8) is 0 Å². The Morgan fingerprint density at radius 1 is 1.42 bits per heavy atom. The summed E-state index contributed by atoms with van der Waals surface area (Å²) in [6.07, 6.45) is 3.61. The molecule has 2 amide bonds. The van der Waals surface area contributed by atoms with E-state index >= 15 is 0 Å². The highest BCUT2D eigenvalue weighted by Gasteiger charge is 2.25. The molecule has 2 heterocycles. The first-order chi connectivity index (χ1) is 8.99. The fourth-order valence-electron chi connectivity index (χ4n) is 2.22. The number of nitrogens with two attached hydrogens (primary N) is 1. The Morgan fingerprint density at radius 3 is 2.58 bits per heavy atom. The molecule has 7 heteroatoms. The van der Waals surface area contributed by atoms with Gasteiger partial charge in [-0.1, -0.05) is 0 Å². The molecule has 1 aliphatic heterocycles. The molecule has 1 aromatic rings. The molecule has 0 aromatic carbocycles. The van der Waals surface area contributed by atoms with Gasteiger partial charge in [0.15, 0.2) is 5.69 Å². The van der Waals surface area contributed by atoms with Gasteiger partial charge in [0.05, 0.1) is 5.69 Å². The number of nitrogens with zero attached hydrogens (tertiary/aromatic N) is 3. The summed E-state index contributed by atoms with van der Waals surface area (Å²) in [7, 11) is 1.69. The number of hydrogen-bond acceptors (Lipinski definition) is 4. The zero-order valence-electron chi connectivity index (χ0n) is 11.2. The van der Waals surface area contributed by atoms with Crippen LogP contribution in [0.2, 0.25) is 0 Å². The van der Waals surface area contributed by atoms with Gasteiger partial charge in [-0.3, -0.25) is 14.3 Å². The van der Waals surface area contributed by atoms with E-state index in [1.54, 1.807) is 25.1 Å². The van der Waals surface area contributed by atoms with Crippen LogP contribution in [0.4, 0.5) is 5.69 Å². The molecular weight excluding hydrogens is 246 g/mol. The molecule has 19 heavy (non-hydrogen) atoms. The lowest BCUT2D eigenvalue weighted by Crippen LogP contribution is -2.46. The summed E-state index contributed by atoms with van der Waals surface area (Å²) in [5.74, 6) is -0.474. The van der Waals surface area contributed by atoms with Crippen LogP contribution in [-0.4, -0.2) is 45.6 Å². The minimum atomic E-state index is -0.563. The summed E-state index contributed by atoms with van der Waals surface area (Å²) in [5, 5.41) is 6.62. The second kappa shape index (κ2) is 5.29. The van der Waals surface area contributed by atoms with Crippen LogP contribution in [0.25, 0.3) is 0 Å². The first-order valence-corrected chi connectivity index (χ1v) is 6.38. The average Bonchev–Trinajstić information content (AvgIpc) is 2.97. The van der Waals surface area contributed by atoms with Crippen molar-refractivity contribution >= 4 is 17.5 Å². The number of anilines is 1. The molecule has 0 saturated carbocycles. The Labute approximate surface area is 111 Å². The number of likely N-dealkylation sites (tertiary alicyclic amines) is 1. The average molecular weight is 265 g/mol. The van der Waals surface area contributed by atoms with E-state index in [1.165, 1.54) is 4.68 Å². The second-order valence-electron chi connectivity index (χ2n) is 4.83. The van der Waals surface area contributed by atoms with Crippen molar-refractivity contribution in [2.24, 2.45) is 7.05 Å². The molecule has 1 saturated heterocycles. The van der Waals surface area contributed by atoms with Gasteiger partial charge in [-0.25, -0.2) is 0 Å². The summed E-state index contributed by atoms with van der Waals surface area (Å²) in [4.78, 5) is 25.8. The minimum absolute atomic E-state index is 0.0552. The maximum Gasteiger partial charge on any atom is 0.274 e. The van der Waals surface area contributed by atoms with Crippen molar-refractivity contribution < 1.29 is 9.59 Å². The smallest absolute Gasteiger partial charge is 0.274 e. The van der Waals surface area contributed by atoms with Gasteiger partial charge < -0.3 is 16.0 Å². The Balaban J connectivity index is 1.98. The molecule has 7 nitrogen and oxygen atoms in total. The normalized spacial score (nSPS) is 16.4. The van der Waals surface area contributed by atoms with Gasteiger partial charge >= 0.3 is 0 Å². The lowest BCUT2D eigenvalue weighted by molar-refractivity contribution is -0.131. The third-order valence-corrected chi connectivity index (χ3v) is 3.21. The van der Waals surface area contributed by atoms with Gasteiger partial charge in [0.1, 0.15) is 6.04 Å². The highest BCUT2D eigenvalue weighted by molar-refractivity contribution is 5.99. The quantitative estimate of drug-likeness (QED) is 0.787. The van der Waals surface area contributed by atoms with Crippen LogP contribution in [-0.2, 0) is 11.8 Å².